The van der Waals surface area contributed by atoms with Crippen molar-refractivity contribution < 1.29 is 14.3 Å². The smallest absolute Gasteiger partial charge is 0.254 e. The number of hydrogen-bond acceptors (Lipinski definition) is 5. The summed E-state index contributed by atoms with van der Waals surface area (Å²) in [6.45, 7) is 2.30. The van der Waals surface area contributed by atoms with Gasteiger partial charge in [-0.1, -0.05) is 6.07 Å². The average Bonchev–Trinajstić information content (AvgIpc) is 3.11. The number of ether oxygens (including phenoxy) is 2. The van der Waals surface area contributed by atoms with Gasteiger partial charge in [-0.2, -0.15) is 0 Å². The van der Waals surface area contributed by atoms with Crippen molar-refractivity contribution in [3.05, 3.63) is 52.3 Å². The van der Waals surface area contributed by atoms with Crippen molar-refractivity contribution >= 4 is 34.2 Å². The highest BCUT2D eigenvalue weighted by molar-refractivity contribution is 9.10. The number of benzene rings is 1. The zero-order chi connectivity index (χ0) is 16.5. The van der Waals surface area contributed by atoms with E-state index < -0.39 is 0 Å². The van der Waals surface area contributed by atoms with Crippen molar-refractivity contribution in [2.45, 2.75) is 6.04 Å². The number of carbonyl (C=O) groups is 1. The third-order valence-electron chi connectivity index (χ3n) is 4.25. The number of nitrogens with one attached hydrogen (secondary N) is 1. The summed E-state index contributed by atoms with van der Waals surface area (Å²) >= 11 is 3.45. The predicted molar refractivity (Wildman–Crippen MR) is 98.4 cm³/mol. The van der Waals surface area contributed by atoms with Gasteiger partial charge < -0.3 is 19.7 Å². The first-order valence-electron chi connectivity index (χ1n) is 7.75. The Morgan fingerprint density at radius 2 is 2.24 bits per heavy atom. The molecular weight excluding hydrogens is 410 g/mol. The molecule has 6 nitrogen and oxygen atoms in total. The largest absolute Gasteiger partial charge is 0.454 e. The van der Waals surface area contributed by atoms with E-state index in [-0.39, 0.29) is 31.1 Å². The molecule has 8 heteroatoms. The molecule has 1 atom stereocenters. The van der Waals surface area contributed by atoms with Crippen LogP contribution in [0.2, 0.25) is 0 Å². The number of amides is 1. The van der Waals surface area contributed by atoms with E-state index in [0.29, 0.717) is 30.2 Å². The number of hydrogen-bond donors (Lipinski definition) is 1. The molecule has 1 aromatic carbocycles. The summed E-state index contributed by atoms with van der Waals surface area (Å²) in [6, 6.07) is 7.39. The monoisotopic (exact) mass is 425 g/mol. The number of aromatic nitrogens is 1. The van der Waals surface area contributed by atoms with Gasteiger partial charge in [-0.25, -0.2) is 0 Å². The highest BCUT2D eigenvalue weighted by Crippen LogP contribution is 2.40. The lowest BCUT2D eigenvalue weighted by atomic mass is 10.0. The number of halogens is 2. The quantitative estimate of drug-likeness (QED) is 0.800. The molecule has 2 aliphatic heterocycles. The van der Waals surface area contributed by atoms with Gasteiger partial charge in [0.25, 0.3) is 5.91 Å². The van der Waals surface area contributed by atoms with E-state index in [9.17, 15) is 4.79 Å². The topological polar surface area (TPSA) is 63.7 Å². The van der Waals surface area contributed by atoms with Crippen LogP contribution in [-0.2, 0) is 0 Å². The Bertz CT molecular complexity index is 775. The van der Waals surface area contributed by atoms with Gasteiger partial charge in [-0.05, 0) is 39.7 Å². The fourth-order valence-electron chi connectivity index (χ4n) is 3.07. The fraction of sp³-hybridized carbons (Fsp3) is 0.294. The Morgan fingerprint density at radius 1 is 1.36 bits per heavy atom. The Labute approximate surface area is 160 Å². The molecule has 1 unspecified atom stereocenters. The Balaban J connectivity index is 0.00000182. The average molecular weight is 427 g/mol. The highest BCUT2D eigenvalue weighted by Gasteiger charge is 2.30. The lowest BCUT2D eigenvalue weighted by molar-refractivity contribution is 0.0633. The summed E-state index contributed by atoms with van der Waals surface area (Å²) in [5, 5.41) is 3.35. The number of pyridine rings is 1. The lowest BCUT2D eigenvalue weighted by Crippen LogP contribution is -2.48. The van der Waals surface area contributed by atoms with Crippen molar-refractivity contribution in [1.29, 1.82) is 0 Å². The van der Waals surface area contributed by atoms with Gasteiger partial charge in [-0.3, -0.25) is 9.78 Å². The van der Waals surface area contributed by atoms with Gasteiger partial charge in [0.15, 0.2) is 11.5 Å². The number of rotatable bonds is 2. The third-order valence-corrected chi connectivity index (χ3v) is 4.84. The molecule has 3 heterocycles. The first kappa shape index (κ1) is 18.0. The van der Waals surface area contributed by atoms with Crippen LogP contribution in [0.3, 0.4) is 0 Å². The van der Waals surface area contributed by atoms with Gasteiger partial charge in [-0.15, -0.1) is 12.4 Å². The van der Waals surface area contributed by atoms with Crippen LogP contribution in [0.4, 0.5) is 0 Å². The van der Waals surface area contributed by atoms with Gasteiger partial charge in [0.05, 0.1) is 10.5 Å². The molecule has 0 radical (unpaired) electrons. The lowest BCUT2D eigenvalue weighted by Gasteiger charge is -2.36. The summed E-state index contributed by atoms with van der Waals surface area (Å²) in [5.41, 5.74) is 1.61. The molecule has 0 aliphatic carbocycles. The Morgan fingerprint density at radius 3 is 3.04 bits per heavy atom. The maximum absolute atomic E-state index is 13.1. The molecule has 0 spiro atoms. The second-order valence-corrected chi connectivity index (χ2v) is 6.55. The summed E-state index contributed by atoms with van der Waals surface area (Å²) in [5.74, 6) is 1.22. The second kappa shape index (κ2) is 7.59. The number of fused-ring (bicyclic) bond motifs is 1. The van der Waals surface area contributed by atoms with E-state index in [1.165, 1.54) is 0 Å². The van der Waals surface area contributed by atoms with E-state index in [2.05, 4.69) is 26.2 Å². The van der Waals surface area contributed by atoms with Gasteiger partial charge in [0.2, 0.25) is 6.79 Å². The van der Waals surface area contributed by atoms with Crippen LogP contribution in [0.25, 0.3) is 0 Å². The normalized spacial score (nSPS) is 18.6. The first-order chi connectivity index (χ1) is 11.7. The van der Waals surface area contributed by atoms with Gasteiger partial charge in [0, 0.05) is 37.6 Å². The van der Waals surface area contributed by atoms with Crippen molar-refractivity contribution in [3.8, 4) is 11.5 Å². The molecular formula is C17H17BrClN3O3. The molecule has 0 bridgehead atoms. The molecule has 2 aliphatic rings. The Hall–Kier alpha value is -1.83. The van der Waals surface area contributed by atoms with Crippen LogP contribution in [0.1, 0.15) is 22.0 Å². The Kier molecular flexibility index (Phi) is 5.46. The van der Waals surface area contributed by atoms with E-state index in [1.54, 1.807) is 18.3 Å². The summed E-state index contributed by atoms with van der Waals surface area (Å²) in [6.07, 6.45) is 3.55. The molecule has 1 amide bonds. The molecule has 2 aromatic rings. The van der Waals surface area contributed by atoms with E-state index in [4.69, 9.17) is 9.47 Å². The molecule has 1 fully saturated rings. The van der Waals surface area contributed by atoms with Crippen molar-refractivity contribution in [1.82, 2.24) is 15.2 Å². The summed E-state index contributed by atoms with van der Waals surface area (Å²) in [4.78, 5) is 19.2. The molecule has 25 heavy (non-hydrogen) atoms. The van der Waals surface area contributed by atoms with Crippen molar-refractivity contribution in [2.75, 3.05) is 26.4 Å². The standard InChI is InChI=1S/C17H16BrN3O3.ClH/c18-13-6-12(7-15-16(13)24-10-23-15)17(22)21-5-4-20-9-14(21)11-2-1-3-19-8-11;/h1-3,6-8,14,20H,4-5,9-10H2;1H. The van der Waals surface area contributed by atoms with E-state index >= 15 is 0 Å². The number of nitrogens with zero attached hydrogens (tertiary/aromatic N) is 2. The van der Waals surface area contributed by atoms with E-state index in [0.717, 1.165) is 16.6 Å². The predicted octanol–water partition coefficient (Wildman–Crippen LogP) is 2.78. The minimum absolute atomic E-state index is 0. The minimum Gasteiger partial charge on any atom is -0.454 e. The van der Waals surface area contributed by atoms with Crippen LogP contribution >= 0.6 is 28.3 Å². The number of carbonyl (C=O) groups excluding carboxylic acids is 1. The van der Waals surface area contributed by atoms with Crippen LogP contribution in [0, 0.1) is 0 Å². The molecule has 1 aromatic heterocycles. The molecule has 0 saturated carbocycles. The maximum atomic E-state index is 13.1. The SMILES string of the molecule is Cl.O=C(c1cc(Br)c2c(c1)OCO2)N1CCNCC1c1cccnc1. The van der Waals surface area contributed by atoms with Crippen LogP contribution in [0.5, 0.6) is 11.5 Å². The summed E-state index contributed by atoms with van der Waals surface area (Å²) < 4.78 is 11.5. The minimum atomic E-state index is -0.0378. The first-order valence-corrected chi connectivity index (χ1v) is 8.54. The third kappa shape index (κ3) is 3.44. The van der Waals surface area contributed by atoms with Crippen LogP contribution in [-0.4, -0.2) is 42.2 Å². The zero-order valence-electron chi connectivity index (χ0n) is 13.3. The molecule has 4 rings (SSSR count). The molecule has 132 valence electrons. The zero-order valence-corrected chi connectivity index (χ0v) is 15.7. The van der Waals surface area contributed by atoms with Crippen LogP contribution < -0.4 is 14.8 Å². The maximum Gasteiger partial charge on any atom is 0.254 e. The molecule has 1 N–H and O–H groups in total. The van der Waals surface area contributed by atoms with E-state index in [1.807, 2.05) is 23.2 Å². The van der Waals surface area contributed by atoms with Crippen molar-refractivity contribution in [3.63, 3.8) is 0 Å². The van der Waals surface area contributed by atoms with Gasteiger partial charge >= 0.3 is 0 Å². The van der Waals surface area contributed by atoms with Crippen LogP contribution in [0.15, 0.2) is 41.1 Å². The highest BCUT2D eigenvalue weighted by atomic mass is 79.9. The van der Waals surface area contributed by atoms with Crippen molar-refractivity contribution in [2.24, 2.45) is 0 Å². The van der Waals surface area contributed by atoms with Gasteiger partial charge in [0.1, 0.15) is 0 Å². The summed E-state index contributed by atoms with van der Waals surface area (Å²) in [7, 11) is 0. The molecule has 1 saturated heterocycles. The fourth-order valence-corrected chi connectivity index (χ4v) is 3.63. The second-order valence-electron chi connectivity index (χ2n) is 5.70. The number of piperazine rings is 1.